The van der Waals surface area contributed by atoms with Gasteiger partial charge in [-0.15, -0.1) is 0 Å². The highest BCUT2D eigenvalue weighted by Gasteiger charge is 2.16. The smallest absolute Gasteiger partial charge is 0.222 e. The Balaban J connectivity index is 3.02. The summed E-state index contributed by atoms with van der Waals surface area (Å²) >= 11 is 0. The van der Waals surface area contributed by atoms with E-state index in [-0.39, 0.29) is 12.0 Å². The van der Waals surface area contributed by atoms with Crippen LogP contribution >= 0.6 is 0 Å². The van der Waals surface area contributed by atoms with Crippen LogP contribution in [0.4, 0.5) is 5.82 Å². The molecule has 1 rings (SSSR count). The zero-order chi connectivity index (χ0) is 16.0. The van der Waals surface area contributed by atoms with Crippen LogP contribution in [0, 0.1) is 12.8 Å². The Morgan fingerprint density at radius 3 is 2.29 bits per heavy atom. The van der Waals surface area contributed by atoms with E-state index in [4.69, 9.17) is 4.74 Å². The minimum Gasteiger partial charge on any atom is -0.474 e. The average molecular weight is 293 g/mol. The van der Waals surface area contributed by atoms with E-state index in [0.717, 1.165) is 42.5 Å². The van der Waals surface area contributed by atoms with Gasteiger partial charge in [-0.25, -0.2) is 4.98 Å². The molecule has 4 nitrogen and oxygen atoms in total. The van der Waals surface area contributed by atoms with E-state index in [1.54, 1.807) is 0 Å². The maximum Gasteiger partial charge on any atom is 0.222 e. The highest BCUT2D eigenvalue weighted by atomic mass is 16.5. The van der Waals surface area contributed by atoms with Gasteiger partial charge in [0.1, 0.15) is 11.6 Å². The monoisotopic (exact) mass is 293 g/mol. The van der Waals surface area contributed by atoms with Gasteiger partial charge in [-0.2, -0.15) is 4.98 Å². The Hall–Kier alpha value is -1.32. The number of hydrogen-bond acceptors (Lipinski definition) is 4. The van der Waals surface area contributed by atoms with E-state index < -0.39 is 0 Å². The minimum absolute atomic E-state index is 0.164. The lowest BCUT2D eigenvalue weighted by Gasteiger charge is -2.20. The molecule has 0 saturated heterocycles. The van der Waals surface area contributed by atoms with Crippen molar-refractivity contribution in [2.45, 2.75) is 73.3 Å². The first-order chi connectivity index (χ1) is 9.85. The minimum atomic E-state index is 0.164. The fourth-order valence-corrected chi connectivity index (χ4v) is 2.20. The molecule has 0 spiro atoms. The number of rotatable bonds is 8. The van der Waals surface area contributed by atoms with Gasteiger partial charge in [0.05, 0.1) is 11.7 Å². The van der Waals surface area contributed by atoms with Gasteiger partial charge in [0.2, 0.25) is 5.88 Å². The normalized spacial score (nSPS) is 12.8. The first kappa shape index (κ1) is 17.7. The van der Waals surface area contributed by atoms with Crippen molar-refractivity contribution in [3.8, 4) is 5.88 Å². The van der Waals surface area contributed by atoms with Crippen LogP contribution in [0.15, 0.2) is 0 Å². The van der Waals surface area contributed by atoms with Crippen molar-refractivity contribution in [1.29, 1.82) is 0 Å². The molecule has 0 amide bonds. The predicted molar refractivity (Wildman–Crippen MR) is 89.2 cm³/mol. The van der Waals surface area contributed by atoms with Crippen molar-refractivity contribution >= 4 is 5.82 Å². The van der Waals surface area contributed by atoms with Crippen LogP contribution in [0.25, 0.3) is 0 Å². The quantitative estimate of drug-likeness (QED) is 0.764. The number of aromatic nitrogens is 2. The zero-order valence-corrected chi connectivity index (χ0v) is 14.7. The van der Waals surface area contributed by atoms with Crippen LogP contribution in [-0.2, 0) is 0 Å². The molecule has 0 saturated carbocycles. The van der Waals surface area contributed by atoms with Gasteiger partial charge in [-0.05, 0) is 32.6 Å². The van der Waals surface area contributed by atoms with E-state index in [0.29, 0.717) is 5.92 Å². The molecule has 0 aromatic carbocycles. The molecule has 1 atom stereocenters. The molecule has 0 aliphatic heterocycles. The molecule has 1 aromatic rings. The molecule has 0 aliphatic carbocycles. The standard InChI is InChI=1S/C17H31N3O/c1-8-9-18-16-14(7)17(20-15(19-16)12(4)5)21-13(6)10-11(2)3/h11-13H,8-10H2,1-7H3,(H,18,19,20). The third kappa shape index (κ3) is 5.52. The van der Waals surface area contributed by atoms with Crippen LogP contribution in [-0.4, -0.2) is 22.6 Å². The van der Waals surface area contributed by atoms with Crippen molar-refractivity contribution in [2.75, 3.05) is 11.9 Å². The lowest BCUT2D eigenvalue weighted by atomic mass is 10.1. The second kappa shape index (κ2) is 8.20. The Labute approximate surface area is 129 Å². The highest BCUT2D eigenvalue weighted by Crippen LogP contribution is 2.26. The molecule has 0 fully saturated rings. The van der Waals surface area contributed by atoms with Crippen LogP contribution in [0.5, 0.6) is 5.88 Å². The van der Waals surface area contributed by atoms with E-state index in [1.807, 2.05) is 6.92 Å². The summed E-state index contributed by atoms with van der Waals surface area (Å²) in [6, 6.07) is 0. The summed E-state index contributed by atoms with van der Waals surface area (Å²) in [4.78, 5) is 9.25. The summed E-state index contributed by atoms with van der Waals surface area (Å²) in [6.07, 6.45) is 2.26. The number of ether oxygens (including phenoxy) is 1. The lowest BCUT2D eigenvalue weighted by molar-refractivity contribution is 0.183. The summed E-state index contributed by atoms with van der Waals surface area (Å²) in [6.45, 7) is 15.8. The second-order valence-electron chi connectivity index (χ2n) is 6.50. The molecule has 21 heavy (non-hydrogen) atoms. The summed E-state index contributed by atoms with van der Waals surface area (Å²) in [5.41, 5.74) is 1.00. The molecule has 120 valence electrons. The molecule has 0 radical (unpaired) electrons. The van der Waals surface area contributed by atoms with Crippen molar-refractivity contribution in [2.24, 2.45) is 5.92 Å². The number of hydrogen-bond donors (Lipinski definition) is 1. The van der Waals surface area contributed by atoms with E-state index in [1.165, 1.54) is 0 Å². The summed E-state index contributed by atoms with van der Waals surface area (Å²) < 4.78 is 6.08. The molecule has 1 N–H and O–H groups in total. The number of nitrogens with one attached hydrogen (secondary N) is 1. The fraction of sp³-hybridized carbons (Fsp3) is 0.765. The van der Waals surface area contributed by atoms with Gasteiger partial charge in [-0.3, -0.25) is 0 Å². The second-order valence-corrected chi connectivity index (χ2v) is 6.50. The lowest BCUT2D eigenvalue weighted by Crippen LogP contribution is -2.18. The van der Waals surface area contributed by atoms with Gasteiger partial charge < -0.3 is 10.1 Å². The summed E-state index contributed by atoms with van der Waals surface area (Å²) in [5.74, 6) is 3.37. The van der Waals surface area contributed by atoms with Crippen LogP contribution in [0.1, 0.15) is 71.7 Å². The third-order valence-corrected chi connectivity index (χ3v) is 3.29. The molecule has 1 aromatic heterocycles. The van der Waals surface area contributed by atoms with Crippen molar-refractivity contribution in [3.05, 3.63) is 11.4 Å². The van der Waals surface area contributed by atoms with E-state index in [9.17, 15) is 0 Å². The molecule has 0 aliphatic rings. The van der Waals surface area contributed by atoms with Crippen molar-refractivity contribution in [3.63, 3.8) is 0 Å². The molecular weight excluding hydrogens is 262 g/mol. The van der Waals surface area contributed by atoms with Crippen LogP contribution < -0.4 is 10.1 Å². The Bertz CT molecular complexity index is 444. The Kier molecular flexibility index (Phi) is 6.93. The third-order valence-electron chi connectivity index (χ3n) is 3.29. The average Bonchev–Trinajstić information content (AvgIpc) is 2.38. The molecule has 4 heteroatoms. The molecule has 1 heterocycles. The van der Waals surface area contributed by atoms with Gasteiger partial charge in [0.15, 0.2) is 0 Å². The van der Waals surface area contributed by atoms with Crippen LogP contribution in [0.3, 0.4) is 0 Å². The van der Waals surface area contributed by atoms with Gasteiger partial charge in [-0.1, -0.05) is 34.6 Å². The maximum absolute atomic E-state index is 6.08. The molecule has 1 unspecified atom stereocenters. The molecular formula is C17H31N3O. The van der Waals surface area contributed by atoms with Gasteiger partial charge in [0.25, 0.3) is 0 Å². The number of anilines is 1. The first-order valence-corrected chi connectivity index (χ1v) is 8.14. The van der Waals surface area contributed by atoms with E-state index >= 15 is 0 Å². The van der Waals surface area contributed by atoms with Gasteiger partial charge in [0, 0.05) is 12.5 Å². The Morgan fingerprint density at radius 2 is 1.76 bits per heavy atom. The highest BCUT2D eigenvalue weighted by molar-refractivity contribution is 5.48. The van der Waals surface area contributed by atoms with E-state index in [2.05, 4.69) is 56.8 Å². The first-order valence-electron chi connectivity index (χ1n) is 8.14. The topological polar surface area (TPSA) is 47.0 Å². The number of nitrogens with zero attached hydrogens (tertiary/aromatic N) is 2. The van der Waals surface area contributed by atoms with Crippen molar-refractivity contribution in [1.82, 2.24) is 9.97 Å². The molecule has 0 bridgehead atoms. The summed E-state index contributed by atoms with van der Waals surface area (Å²) in [5, 5.41) is 3.38. The zero-order valence-electron chi connectivity index (χ0n) is 14.7. The largest absolute Gasteiger partial charge is 0.474 e. The predicted octanol–water partition coefficient (Wildman–Crippen LogP) is 4.54. The van der Waals surface area contributed by atoms with Crippen LogP contribution in [0.2, 0.25) is 0 Å². The fourth-order valence-electron chi connectivity index (χ4n) is 2.20. The summed E-state index contributed by atoms with van der Waals surface area (Å²) in [7, 11) is 0. The maximum atomic E-state index is 6.08. The SMILES string of the molecule is CCCNc1nc(C(C)C)nc(OC(C)CC(C)C)c1C. The Morgan fingerprint density at radius 1 is 1.10 bits per heavy atom. The van der Waals surface area contributed by atoms with Gasteiger partial charge >= 0.3 is 0 Å². The van der Waals surface area contributed by atoms with Crippen molar-refractivity contribution < 1.29 is 4.74 Å².